The molecule has 55 heavy (non-hydrogen) atoms. The minimum absolute atomic E-state index is 0.00122. The van der Waals surface area contributed by atoms with Gasteiger partial charge in [-0.2, -0.15) is 0 Å². The van der Waals surface area contributed by atoms with Crippen molar-refractivity contribution in [3.8, 4) is 17.2 Å². The summed E-state index contributed by atoms with van der Waals surface area (Å²) in [5, 5.41) is 15.1. The van der Waals surface area contributed by atoms with Crippen LogP contribution in [0.1, 0.15) is 72.5 Å². The van der Waals surface area contributed by atoms with Crippen molar-refractivity contribution in [3.05, 3.63) is 92.1 Å². The van der Waals surface area contributed by atoms with Gasteiger partial charge in [-0.25, -0.2) is 0 Å². The monoisotopic (exact) mass is 789 g/mol. The predicted octanol–water partition coefficient (Wildman–Crippen LogP) is 5.69. The van der Waals surface area contributed by atoms with E-state index >= 15 is 0 Å². The second kappa shape index (κ2) is 15.4. The first-order valence-electron chi connectivity index (χ1n) is 18.4. The number of nitrogens with zero attached hydrogens (tertiary/aromatic N) is 2. The number of aromatic nitrogens is 1. The third kappa shape index (κ3) is 6.79. The number of piperidine rings is 1. The summed E-state index contributed by atoms with van der Waals surface area (Å²) < 4.78 is 19.1. The zero-order valence-electron chi connectivity index (χ0n) is 31.2. The van der Waals surface area contributed by atoms with E-state index in [1.807, 2.05) is 33.9 Å². The van der Waals surface area contributed by atoms with Crippen molar-refractivity contribution in [1.82, 2.24) is 14.8 Å². The van der Waals surface area contributed by atoms with Crippen LogP contribution >= 0.6 is 23.4 Å². The zero-order chi connectivity index (χ0) is 39.2. The van der Waals surface area contributed by atoms with Crippen molar-refractivity contribution in [3.63, 3.8) is 0 Å². The molecule has 3 unspecified atom stereocenters. The maximum absolute atomic E-state index is 14.4. The van der Waals surface area contributed by atoms with Gasteiger partial charge in [-0.3, -0.25) is 24.0 Å². The quantitative estimate of drug-likeness (QED) is 0.183. The fraction of sp³-hybridized carbons (Fsp3) is 0.439. The molecule has 1 aliphatic carbocycles. The number of carbonyl (C=O) groups excluding carboxylic acids is 4. The lowest BCUT2D eigenvalue weighted by molar-refractivity contribution is -0.134. The third-order valence-corrected chi connectivity index (χ3v) is 12.6. The van der Waals surface area contributed by atoms with Crippen LogP contribution < -0.4 is 25.1 Å². The molecule has 2 N–H and O–H groups in total. The summed E-state index contributed by atoms with van der Waals surface area (Å²) in [5.74, 6) is -3.03. The van der Waals surface area contributed by atoms with E-state index in [2.05, 4.69) is 5.32 Å². The Balaban J connectivity index is 1.09. The molecule has 3 aliphatic heterocycles. The number of rotatable bonds is 11. The number of nitrogens with one attached hydrogen (secondary N) is 1. The van der Waals surface area contributed by atoms with Crippen LogP contribution in [0.2, 0.25) is 5.02 Å². The van der Waals surface area contributed by atoms with E-state index in [0.29, 0.717) is 31.6 Å². The van der Waals surface area contributed by atoms with Crippen molar-refractivity contribution in [2.45, 2.75) is 67.9 Å². The summed E-state index contributed by atoms with van der Waals surface area (Å²) in [6, 6.07) is 14.1. The SMILES string of the molecule is COc1cc(OC)c2c(c1Cl)O[C@]1(C2=O)C(O)=C(C(CC(=O)NCCCC(=O)N2CC3CC(C2)c2cccc(=O)n2C3)c2ccc(SC)cc2)C(=O)C[C@H]1C. The zero-order valence-corrected chi connectivity index (χ0v) is 32.8. The van der Waals surface area contributed by atoms with E-state index in [1.165, 1.54) is 32.0 Å². The average molecular weight is 790 g/mol. The van der Waals surface area contributed by atoms with Gasteiger partial charge in [0.2, 0.25) is 23.2 Å². The van der Waals surface area contributed by atoms with Crippen LogP contribution in [0.15, 0.2) is 69.6 Å². The Labute approximate surface area is 328 Å². The molecular formula is C41H44ClN3O9S. The third-order valence-electron chi connectivity index (χ3n) is 11.5. The van der Waals surface area contributed by atoms with Gasteiger partial charge >= 0.3 is 0 Å². The van der Waals surface area contributed by atoms with Gasteiger partial charge in [-0.1, -0.05) is 36.7 Å². The fourth-order valence-corrected chi connectivity index (χ4v) is 9.42. The maximum atomic E-state index is 14.4. The molecule has 290 valence electrons. The molecule has 2 aromatic carbocycles. The van der Waals surface area contributed by atoms with Gasteiger partial charge in [0, 0.05) is 91.5 Å². The number of amides is 2. The molecule has 14 heteroatoms. The summed E-state index contributed by atoms with van der Waals surface area (Å²) in [6.07, 6.45) is 3.17. The predicted molar refractivity (Wildman–Crippen MR) is 207 cm³/mol. The Hall–Kier alpha value is -4.75. The highest BCUT2D eigenvalue weighted by molar-refractivity contribution is 7.98. The molecule has 4 aliphatic rings. The number of ketones is 2. The first-order chi connectivity index (χ1) is 26.4. The van der Waals surface area contributed by atoms with Gasteiger partial charge in [-0.05, 0) is 48.8 Å². The van der Waals surface area contributed by atoms with Crippen LogP contribution in [-0.2, 0) is 20.9 Å². The van der Waals surface area contributed by atoms with Crippen LogP contribution in [0.4, 0.5) is 0 Å². The summed E-state index contributed by atoms with van der Waals surface area (Å²) in [5.41, 5.74) is -0.477. The molecule has 1 fully saturated rings. The molecule has 2 bridgehead atoms. The van der Waals surface area contributed by atoms with E-state index in [4.69, 9.17) is 25.8 Å². The Kier molecular flexibility index (Phi) is 10.8. The maximum Gasteiger partial charge on any atom is 0.250 e. The van der Waals surface area contributed by atoms with Gasteiger partial charge in [-0.15, -0.1) is 11.8 Å². The normalized spacial score (nSPS) is 23.2. The van der Waals surface area contributed by atoms with Crippen molar-refractivity contribution < 1.29 is 38.5 Å². The number of ether oxygens (including phenoxy) is 3. The summed E-state index contributed by atoms with van der Waals surface area (Å²) >= 11 is 8.16. The van der Waals surface area contributed by atoms with Gasteiger partial charge in [0.15, 0.2) is 17.3 Å². The Morgan fingerprint density at radius 3 is 2.53 bits per heavy atom. The number of Topliss-reactive ketones (excluding diaryl/α,β-unsaturated/α-hetero) is 2. The molecule has 12 nitrogen and oxygen atoms in total. The molecule has 0 saturated carbocycles. The minimum atomic E-state index is -1.99. The van der Waals surface area contributed by atoms with Crippen molar-refractivity contribution >= 4 is 46.7 Å². The van der Waals surface area contributed by atoms with Crippen LogP contribution in [0.5, 0.6) is 17.2 Å². The minimum Gasteiger partial charge on any atom is -0.507 e. The summed E-state index contributed by atoms with van der Waals surface area (Å²) in [6.45, 7) is 3.62. The lowest BCUT2D eigenvalue weighted by Gasteiger charge is -2.42. The molecule has 0 radical (unpaired) electrons. The number of aliphatic hydroxyl groups excluding tert-OH is 1. The van der Waals surface area contributed by atoms with Crippen molar-refractivity contribution in [1.29, 1.82) is 0 Å². The molecular weight excluding hydrogens is 746 g/mol. The number of benzene rings is 2. The lowest BCUT2D eigenvalue weighted by atomic mass is 9.69. The van der Waals surface area contributed by atoms with Gasteiger partial charge in [0.05, 0.1) is 14.2 Å². The van der Waals surface area contributed by atoms with Crippen molar-refractivity contribution in [2.75, 3.05) is 40.1 Å². The highest BCUT2D eigenvalue weighted by Gasteiger charge is 2.61. The van der Waals surface area contributed by atoms with Gasteiger partial charge < -0.3 is 34.1 Å². The van der Waals surface area contributed by atoms with Gasteiger partial charge in [0.25, 0.3) is 5.56 Å². The number of allylic oxidation sites excluding steroid dienone is 1. The molecule has 1 aromatic heterocycles. The highest BCUT2D eigenvalue weighted by atomic mass is 35.5. The number of aliphatic hydroxyl groups is 1. The van der Waals surface area contributed by atoms with Crippen LogP contribution in [0.25, 0.3) is 0 Å². The number of thioether (sulfide) groups is 1. The van der Waals surface area contributed by atoms with E-state index in [0.717, 1.165) is 17.0 Å². The molecule has 3 aromatic rings. The molecule has 7 rings (SSSR count). The van der Waals surface area contributed by atoms with Crippen LogP contribution in [-0.4, -0.2) is 83.7 Å². The number of hydrogen-bond donors (Lipinski definition) is 2. The van der Waals surface area contributed by atoms with E-state index in [1.54, 1.807) is 31.2 Å². The standard InChI is InChI=1S/C41H44ClN3O9S/c1-22-15-29(46)35(39(50)41(22)40(51)36-30(52-2)18-31(53-3)37(42)38(36)54-41)27(24-10-12-26(55-4)13-11-24)17-32(47)43-14-6-9-33(48)44-19-23-16-25(21-44)28-7-5-8-34(49)45(28)20-23/h5,7-8,10-13,18,22-23,25,27,50H,6,9,14-17,19-21H2,1-4H3,(H,43,47)/t22-,23?,25?,27?,41+/m1/s1. The van der Waals surface area contributed by atoms with Crippen LogP contribution in [0, 0.1) is 11.8 Å². The number of pyridine rings is 1. The number of carbonyl (C=O) groups is 4. The molecule has 4 heterocycles. The Morgan fingerprint density at radius 1 is 1.07 bits per heavy atom. The van der Waals surface area contributed by atoms with E-state index < -0.39 is 40.7 Å². The van der Waals surface area contributed by atoms with Gasteiger partial charge in [0.1, 0.15) is 22.1 Å². The average Bonchev–Trinajstić information content (AvgIpc) is 3.50. The smallest absolute Gasteiger partial charge is 0.250 e. The molecule has 1 saturated heterocycles. The van der Waals surface area contributed by atoms with E-state index in [9.17, 15) is 29.1 Å². The first-order valence-corrected chi connectivity index (χ1v) is 20.0. The lowest BCUT2D eigenvalue weighted by Crippen LogP contribution is -2.53. The molecule has 1 spiro atoms. The Morgan fingerprint density at radius 2 is 1.82 bits per heavy atom. The molecule has 5 atom stereocenters. The fourth-order valence-electron chi connectivity index (χ4n) is 8.74. The largest absolute Gasteiger partial charge is 0.507 e. The second-order valence-electron chi connectivity index (χ2n) is 14.7. The highest BCUT2D eigenvalue weighted by Crippen LogP contribution is 2.56. The summed E-state index contributed by atoms with van der Waals surface area (Å²) in [7, 11) is 2.80. The van der Waals surface area contributed by atoms with Crippen LogP contribution in [0.3, 0.4) is 0 Å². The number of methoxy groups -OCH3 is 2. The number of halogens is 1. The van der Waals surface area contributed by atoms with E-state index in [-0.39, 0.29) is 82.5 Å². The topological polar surface area (TPSA) is 153 Å². The number of hydrogen-bond acceptors (Lipinski definition) is 10. The summed E-state index contributed by atoms with van der Waals surface area (Å²) in [4.78, 5) is 70.5. The van der Waals surface area contributed by atoms with Crippen molar-refractivity contribution in [2.24, 2.45) is 11.8 Å². The number of likely N-dealkylation sites (tertiary alicyclic amines) is 1. The number of fused-ring (bicyclic) bond motifs is 5. The first kappa shape index (κ1) is 38.5. The molecule has 2 amide bonds. The Bertz CT molecular complexity index is 2150. The second-order valence-corrected chi connectivity index (χ2v) is 16.0.